The van der Waals surface area contributed by atoms with Gasteiger partial charge in [-0.1, -0.05) is 0 Å². The maximum absolute atomic E-state index is 11.0. The van der Waals surface area contributed by atoms with Gasteiger partial charge in [0.05, 0.1) is 5.56 Å². The van der Waals surface area contributed by atoms with Crippen LogP contribution in [0, 0.1) is 6.92 Å². The van der Waals surface area contributed by atoms with Gasteiger partial charge in [-0.2, -0.15) is 0 Å². The first-order valence-electron chi connectivity index (χ1n) is 3.33. The largest absolute Gasteiger partial charge is 0.399 e. The zero-order chi connectivity index (χ0) is 9.14. The third kappa shape index (κ3) is 1.98. The molecule has 1 aromatic rings. The molecule has 2 N–H and O–H groups in total. The van der Waals surface area contributed by atoms with Crippen LogP contribution in [0.1, 0.15) is 15.9 Å². The Balaban J connectivity index is 3.08. The number of anilines is 1. The van der Waals surface area contributed by atoms with E-state index in [4.69, 9.17) is 5.73 Å². The molecule has 1 rings (SSSR count). The third-order valence-corrected chi connectivity index (χ3v) is 1.70. The second-order valence-corrected chi connectivity index (χ2v) is 2.82. The summed E-state index contributed by atoms with van der Waals surface area (Å²) in [5, 5.41) is 0. The van der Waals surface area contributed by atoms with E-state index in [1.165, 1.54) is 0 Å². The van der Waals surface area contributed by atoms with Gasteiger partial charge in [-0.15, -0.1) is 0 Å². The Morgan fingerprint density at radius 1 is 1.50 bits per heavy atom. The van der Waals surface area contributed by atoms with Crippen molar-refractivity contribution in [1.29, 1.82) is 0 Å². The molecule has 1 aromatic carbocycles. The van der Waals surface area contributed by atoms with Gasteiger partial charge in [-0.3, -0.25) is 0 Å². The number of carbonyl (C=O) groups is 1. The monoisotopic (exact) mass is 229 g/mol. The Morgan fingerprint density at radius 2 is 2.17 bits per heavy atom. The third-order valence-electron chi connectivity index (χ3n) is 1.41. The van der Waals surface area contributed by atoms with Gasteiger partial charge in [0.15, 0.2) is 16.3 Å². The van der Waals surface area contributed by atoms with E-state index in [1.54, 1.807) is 18.2 Å². The van der Waals surface area contributed by atoms with Gasteiger partial charge in [-0.25, -0.2) is 4.79 Å². The first kappa shape index (κ1) is 9.06. The van der Waals surface area contributed by atoms with Crippen molar-refractivity contribution in [3.8, 4) is 0 Å². The van der Waals surface area contributed by atoms with Crippen molar-refractivity contribution in [3.63, 3.8) is 0 Å². The SMILES string of the molecule is Cc1cc(N)cc(C(=O)OBr)c1. The van der Waals surface area contributed by atoms with Crippen LogP contribution in [0.15, 0.2) is 18.2 Å². The Morgan fingerprint density at radius 3 is 2.67 bits per heavy atom. The van der Waals surface area contributed by atoms with Crippen molar-refractivity contribution in [2.45, 2.75) is 6.92 Å². The van der Waals surface area contributed by atoms with Crippen LogP contribution < -0.4 is 5.73 Å². The Labute approximate surface area is 79.0 Å². The lowest BCUT2D eigenvalue weighted by atomic mass is 10.1. The average Bonchev–Trinajstić information content (AvgIpc) is 2.01. The quantitative estimate of drug-likeness (QED) is 0.751. The van der Waals surface area contributed by atoms with E-state index < -0.39 is 5.97 Å². The van der Waals surface area contributed by atoms with Gasteiger partial charge in [0, 0.05) is 5.69 Å². The number of rotatable bonds is 1. The lowest BCUT2D eigenvalue weighted by Gasteiger charge is -2.00. The van der Waals surface area contributed by atoms with Crippen LogP contribution in [0.3, 0.4) is 0 Å². The van der Waals surface area contributed by atoms with E-state index in [2.05, 4.69) is 20.1 Å². The fourth-order valence-corrected chi connectivity index (χ4v) is 1.16. The number of halogens is 1. The summed E-state index contributed by atoms with van der Waals surface area (Å²) in [6, 6.07) is 5.06. The summed E-state index contributed by atoms with van der Waals surface area (Å²) in [7, 11) is 0. The molecule has 0 saturated carbocycles. The highest BCUT2D eigenvalue weighted by Crippen LogP contribution is 2.12. The van der Waals surface area contributed by atoms with E-state index in [9.17, 15) is 4.79 Å². The van der Waals surface area contributed by atoms with Gasteiger partial charge in [0.25, 0.3) is 0 Å². The van der Waals surface area contributed by atoms with Gasteiger partial charge in [0.1, 0.15) is 0 Å². The first-order valence-corrected chi connectivity index (χ1v) is 3.98. The van der Waals surface area contributed by atoms with Gasteiger partial charge in [0.2, 0.25) is 0 Å². The van der Waals surface area contributed by atoms with Crippen LogP contribution in [0.4, 0.5) is 5.69 Å². The minimum atomic E-state index is -0.439. The summed E-state index contributed by atoms with van der Waals surface area (Å²) < 4.78 is 4.36. The van der Waals surface area contributed by atoms with Crippen molar-refractivity contribution in [2.75, 3.05) is 5.73 Å². The number of hydrogen-bond donors (Lipinski definition) is 1. The van der Waals surface area contributed by atoms with Crippen molar-refractivity contribution in [2.24, 2.45) is 0 Å². The van der Waals surface area contributed by atoms with Crippen LogP contribution in [0.25, 0.3) is 0 Å². The van der Waals surface area contributed by atoms with Gasteiger partial charge >= 0.3 is 5.97 Å². The Hall–Kier alpha value is -1.03. The molecule has 0 bridgehead atoms. The minimum absolute atomic E-state index is 0.439. The molecule has 3 nitrogen and oxygen atoms in total. The van der Waals surface area contributed by atoms with E-state index in [1.807, 2.05) is 6.92 Å². The molecule has 0 spiro atoms. The molecule has 12 heavy (non-hydrogen) atoms. The van der Waals surface area contributed by atoms with Gasteiger partial charge < -0.3 is 9.56 Å². The highest BCUT2D eigenvalue weighted by Gasteiger charge is 2.06. The van der Waals surface area contributed by atoms with Crippen LogP contribution in [0.2, 0.25) is 0 Å². The summed E-state index contributed by atoms with van der Waals surface area (Å²) in [6.45, 7) is 1.86. The van der Waals surface area contributed by atoms with Crippen LogP contribution in [0.5, 0.6) is 0 Å². The summed E-state index contributed by atoms with van der Waals surface area (Å²) in [5.41, 5.74) is 7.47. The van der Waals surface area contributed by atoms with Crippen molar-refractivity contribution >= 4 is 27.9 Å². The fourth-order valence-electron chi connectivity index (χ4n) is 0.975. The molecule has 0 aliphatic rings. The molecule has 0 aliphatic carbocycles. The van der Waals surface area contributed by atoms with Crippen molar-refractivity contribution in [3.05, 3.63) is 29.3 Å². The molecule has 0 saturated heterocycles. The fraction of sp³-hybridized carbons (Fsp3) is 0.125. The zero-order valence-electron chi connectivity index (χ0n) is 6.50. The lowest BCUT2D eigenvalue weighted by Crippen LogP contribution is -1.99. The standard InChI is InChI=1S/C8H8BrNO2/c1-5-2-6(8(11)12-9)4-7(10)3-5/h2-4H,10H2,1H3. The molecule has 0 atom stereocenters. The highest BCUT2D eigenvalue weighted by molar-refractivity contribution is 9.06. The van der Waals surface area contributed by atoms with Crippen molar-refractivity contribution in [1.82, 2.24) is 0 Å². The van der Waals surface area contributed by atoms with Crippen molar-refractivity contribution < 1.29 is 8.62 Å². The Kier molecular flexibility index (Phi) is 2.70. The second kappa shape index (κ2) is 3.58. The smallest absolute Gasteiger partial charge is 0.349 e. The molecule has 0 radical (unpaired) electrons. The number of nitrogens with two attached hydrogens (primary N) is 1. The number of nitrogen functional groups attached to an aromatic ring is 1. The van der Waals surface area contributed by atoms with Crippen LogP contribution in [-0.4, -0.2) is 5.97 Å². The molecular formula is C8H8BrNO2. The number of hydrogen-bond acceptors (Lipinski definition) is 3. The second-order valence-electron chi connectivity index (χ2n) is 2.50. The number of benzene rings is 1. The molecular weight excluding hydrogens is 222 g/mol. The number of carbonyl (C=O) groups excluding carboxylic acids is 1. The predicted octanol–water partition coefficient (Wildman–Crippen LogP) is 2.04. The molecule has 0 fully saturated rings. The average molecular weight is 230 g/mol. The molecule has 0 unspecified atom stereocenters. The topological polar surface area (TPSA) is 52.3 Å². The first-order chi connectivity index (χ1) is 5.63. The van der Waals surface area contributed by atoms with E-state index in [-0.39, 0.29) is 0 Å². The normalized spacial score (nSPS) is 9.50. The van der Waals surface area contributed by atoms with Crippen LogP contribution >= 0.6 is 16.3 Å². The lowest BCUT2D eigenvalue weighted by molar-refractivity contribution is 0.0782. The molecule has 64 valence electrons. The molecule has 4 heteroatoms. The molecule has 0 aromatic heterocycles. The molecule has 0 amide bonds. The van der Waals surface area contributed by atoms with E-state index in [0.29, 0.717) is 11.3 Å². The highest BCUT2D eigenvalue weighted by atomic mass is 79.9. The summed E-state index contributed by atoms with van der Waals surface area (Å²) in [4.78, 5) is 11.0. The molecule has 0 heterocycles. The summed E-state index contributed by atoms with van der Waals surface area (Å²) in [5.74, 6) is -0.439. The maximum atomic E-state index is 11.0. The van der Waals surface area contributed by atoms with E-state index >= 15 is 0 Å². The zero-order valence-corrected chi connectivity index (χ0v) is 8.09. The molecule has 0 aliphatic heterocycles. The minimum Gasteiger partial charge on any atom is -0.399 e. The summed E-state index contributed by atoms with van der Waals surface area (Å²) >= 11 is 2.61. The van der Waals surface area contributed by atoms with Gasteiger partial charge in [-0.05, 0) is 30.7 Å². The van der Waals surface area contributed by atoms with Crippen LogP contribution in [-0.2, 0) is 3.83 Å². The summed E-state index contributed by atoms with van der Waals surface area (Å²) in [6.07, 6.45) is 0. The number of aryl methyl sites for hydroxylation is 1. The van der Waals surface area contributed by atoms with E-state index in [0.717, 1.165) is 5.56 Å². The predicted molar refractivity (Wildman–Crippen MR) is 49.9 cm³/mol. The Bertz CT molecular complexity index is 292. The maximum Gasteiger partial charge on any atom is 0.349 e.